The van der Waals surface area contributed by atoms with Crippen molar-refractivity contribution in [1.82, 2.24) is 10.2 Å². The van der Waals surface area contributed by atoms with Gasteiger partial charge in [-0.05, 0) is 61.8 Å². The van der Waals surface area contributed by atoms with Gasteiger partial charge in [0.25, 0.3) is 11.8 Å². The highest BCUT2D eigenvalue weighted by Gasteiger charge is 2.25. The van der Waals surface area contributed by atoms with Crippen molar-refractivity contribution in [2.45, 2.75) is 57.9 Å². The average Bonchev–Trinajstić information content (AvgIpc) is 2.85. The third-order valence-corrected chi connectivity index (χ3v) is 6.71. The summed E-state index contributed by atoms with van der Waals surface area (Å²) in [6.45, 7) is 2.61. The van der Waals surface area contributed by atoms with Gasteiger partial charge < -0.3 is 15.0 Å². The number of amides is 2. The molecular formula is C26H32BrN3O3S. The van der Waals surface area contributed by atoms with Crippen LogP contribution in [0.4, 0.5) is 5.69 Å². The van der Waals surface area contributed by atoms with Crippen LogP contribution in [0.2, 0.25) is 0 Å². The number of benzene rings is 2. The molecule has 8 heteroatoms. The number of unbranched alkanes of at least 4 members (excludes halogenated alkanes) is 1. The largest absolute Gasteiger partial charge is 0.493 e. The van der Waals surface area contributed by atoms with E-state index in [1.807, 2.05) is 30.1 Å². The van der Waals surface area contributed by atoms with Crippen molar-refractivity contribution in [3.8, 4) is 5.75 Å². The molecule has 3 rings (SSSR count). The van der Waals surface area contributed by atoms with E-state index in [1.165, 1.54) is 6.42 Å². The number of rotatable bonds is 8. The van der Waals surface area contributed by atoms with Crippen molar-refractivity contribution in [2.75, 3.05) is 19.0 Å². The summed E-state index contributed by atoms with van der Waals surface area (Å²) < 4.78 is 6.56. The number of halogens is 1. The van der Waals surface area contributed by atoms with Gasteiger partial charge in [0, 0.05) is 17.6 Å². The molecule has 1 aliphatic carbocycles. The van der Waals surface area contributed by atoms with Gasteiger partial charge in [-0.25, -0.2) is 0 Å². The maximum Gasteiger partial charge on any atom is 0.261 e. The van der Waals surface area contributed by atoms with Crippen LogP contribution in [0.25, 0.3) is 0 Å². The molecule has 0 saturated heterocycles. The summed E-state index contributed by atoms with van der Waals surface area (Å²) in [7, 11) is 1.86. The Morgan fingerprint density at radius 2 is 1.85 bits per heavy atom. The lowest BCUT2D eigenvalue weighted by Gasteiger charge is -2.31. The molecule has 2 aromatic rings. The minimum absolute atomic E-state index is 0.0530. The first-order valence-electron chi connectivity index (χ1n) is 11.8. The van der Waals surface area contributed by atoms with Crippen molar-refractivity contribution < 1.29 is 14.3 Å². The van der Waals surface area contributed by atoms with Gasteiger partial charge in [0.05, 0.1) is 23.4 Å². The fourth-order valence-electron chi connectivity index (χ4n) is 4.06. The highest BCUT2D eigenvalue weighted by atomic mass is 79.9. The fraction of sp³-hybridized carbons (Fsp3) is 0.423. The number of nitrogens with one attached hydrogen (secondary N) is 2. The predicted molar refractivity (Wildman–Crippen MR) is 144 cm³/mol. The molecule has 1 saturated carbocycles. The van der Waals surface area contributed by atoms with Crippen molar-refractivity contribution in [3.05, 3.63) is 58.1 Å². The zero-order chi connectivity index (χ0) is 24.5. The van der Waals surface area contributed by atoms with E-state index in [9.17, 15) is 9.59 Å². The third-order valence-electron chi connectivity index (χ3n) is 6.02. The Bertz CT molecular complexity index is 1020. The van der Waals surface area contributed by atoms with Crippen LogP contribution in [0.1, 0.15) is 72.6 Å². The number of anilines is 1. The maximum absolute atomic E-state index is 13.2. The van der Waals surface area contributed by atoms with E-state index < -0.39 is 0 Å². The number of nitrogens with zero attached hydrogens (tertiary/aromatic N) is 1. The second-order valence-electron chi connectivity index (χ2n) is 8.50. The van der Waals surface area contributed by atoms with E-state index in [0.717, 1.165) is 43.0 Å². The first kappa shape index (κ1) is 26.2. The zero-order valence-electron chi connectivity index (χ0n) is 19.7. The second kappa shape index (κ2) is 12.9. The Hall–Kier alpha value is -2.45. The van der Waals surface area contributed by atoms with Crippen LogP contribution in [-0.2, 0) is 0 Å². The summed E-state index contributed by atoms with van der Waals surface area (Å²) in [5.41, 5.74) is 1.48. The number of carbonyl (C=O) groups excluding carboxylic acids is 2. The van der Waals surface area contributed by atoms with Crippen LogP contribution in [0.15, 0.2) is 46.9 Å². The van der Waals surface area contributed by atoms with Gasteiger partial charge in [0.1, 0.15) is 5.75 Å². The Morgan fingerprint density at radius 1 is 1.12 bits per heavy atom. The molecule has 6 nitrogen and oxygen atoms in total. The van der Waals surface area contributed by atoms with E-state index in [2.05, 4.69) is 33.5 Å². The predicted octanol–water partition coefficient (Wildman–Crippen LogP) is 6.16. The zero-order valence-corrected chi connectivity index (χ0v) is 22.1. The molecule has 0 bridgehead atoms. The smallest absolute Gasteiger partial charge is 0.261 e. The maximum atomic E-state index is 13.2. The van der Waals surface area contributed by atoms with Crippen LogP contribution >= 0.6 is 28.1 Å². The molecule has 1 fully saturated rings. The third kappa shape index (κ3) is 7.03. The SMILES string of the molecule is CCCCOc1ccc(Br)cc1C(=O)NC(=S)Nc1ccccc1C(=O)N(C)C1CCCCC1. The van der Waals surface area contributed by atoms with Gasteiger partial charge in [-0.1, -0.05) is 60.7 Å². The molecule has 2 N–H and O–H groups in total. The van der Waals surface area contributed by atoms with Gasteiger partial charge >= 0.3 is 0 Å². The highest BCUT2D eigenvalue weighted by molar-refractivity contribution is 9.10. The minimum atomic E-state index is -0.381. The summed E-state index contributed by atoms with van der Waals surface area (Å²) in [6.07, 6.45) is 7.49. The molecule has 2 aromatic carbocycles. The van der Waals surface area contributed by atoms with Gasteiger partial charge in [0.15, 0.2) is 5.11 Å². The molecule has 2 amide bonds. The van der Waals surface area contributed by atoms with Crippen LogP contribution in [0, 0.1) is 0 Å². The molecule has 34 heavy (non-hydrogen) atoms. The van der Waals surface area contributed by atoms with E-state index in [1.54, 1.807) is 24.3 Å². The monoisotopic (exact) mass is 545 g/mol. The fourth-order valence-corrected chi connectivity index (χ4v) is 4.62. The normalized spacial score (nSPS) is 13.7. The number of carbonyl (C=O) groups is 2. The van der Waals surface area contributed by atoms with Gasteiger partial charge in [-0.2, -0.15) is 0 Å². The molecule has 0 atom stereocenters. The van der Waals surface area contributed by atoms with Crippen molar-refractivity contribution >= 4 is 50.8 Å². The number of ether oxygens (including phenoxy) is 1. The molecule has 1 aliphatic rings. The second-order valence-corrected chi connectivity index (χ2v) is 9.83. The molecule has 0 unspecified atom stereocenters. The number of hydrogen-bond donors (Lipinski definition) is 2. The molecule has 0 aliphatic heterocycles. The van der Waals surface area contributed by atoms with E-state index in [4.69, 9.17) is 17.0 Å². The van der Waals surface area contributed by atoms with Gasteiger partial charge in [-0.15, -0.1) is 0 Å². The topological polar surface area (TPSA) is 70.7 Å². The lowest BCUT2D eigenvalue weighted by molar-refractivity contribution is 0.0697. The molecule has 182 valence electrons. The Kier molecular flexibility index (Phi) is 9.89. The summed E-state index contributed by atoms with van der Waals surface area (Å²) in [4.78, 5) is 28.0. The average molecular weight is 547 g/mol. The van der Waals surface area contributed by atoms with E-state index >= 15 is 0 Å². The summed E-state index contributed by atoms with van der Waals surface area (Å²) in [5, 5.41) is 5.87. The Morgan fingerprint density at radius 3 is 2.59 bits per heavy atom. The standard InChI is InChI=1S/C26H32BrN3O3S/c1-3-4-16-33-23-15-14-18(27)17-21(23)24(31)29-26(34)28-22-13-9-8-12-20(22)25(32)30(2)19-10-6-5-7-11-19/h8-9,12-15,17,19H,3-7,10-11,16H2,1-2H3,(H2,28,29,31,34). The number of para-hydroxylation sites is 1. The summed E-state index contributed by atoms with van der Waals surface area (Å²) in [6, 6.07) is 12.8. The van der Waals surface area contributed by atoms with Crippen LogP contribution in [0.5, 0.6) is 5.75 Å². The van der Waals surface area contributed by atoms with Crippen LogP contribution in [0.3, 0.4) is 0 Å². The molecular weight excluding hydrogens is 514 g/mol. The van der Waals surface area contributed by atoms with Crippen LogP contribution < -0.4 is 15.4 Å². The van der Waals surface area contributed by atoms with Gasteiger partial charge in [-0.3, -0.25) is 14.9 Å². The lowest BCUT2D eigenvalue weighted by atomic mass is 9.94. The summed E-state index contributed by atoms with van der Waals surface area (Å²) >= 11 is 8.82. The Balaban J connectivity index is 1.69. The molecule has 0 radical (unpaired) electrons. The minimum Gasteiger partial charge on any atom is -0.493 e. The first-order valence-corrected chi connectivity index (χ1v) is 13.0. The van der Waals surface area contributed by atoms with Crippen molar-refractivity contribution in [1.29, 1.82) is 0 Å². The Labute approximate surface area is 215 Å². The van der Waals surface area contributed by atoms with E-state index in [0.29, 0.717) is 29.2 Å². The quantitative estimate of drug-likeness (QED) is 0.307. The molecule has 0 heterocycles. The number of hydrogen-bond acceptors (Lipinski definition) is 4. The van der Waals surface area contributed by atoms with E-state index in [-0.39, 0.29) is 23.0 Å². The molecule has 0 aromatic heterocycles. The summed E-state index contributed by atoms with van der Waals surface area (Å²) in [5.74, 6) is 0.0674. The van der Waals surface area contributed by atoms with Crippen molar-refractivity contribution in [2.24, 2.45) is 0 Å². The lowest BCUT2D eigenvalue weighted by Crippen LogP contribution is -2.39. The van der Waals surface area contributed by atoms with Crippen molar-refractivity contribution in [3.63, 3.8) is 0 Å². The first-order chi connectivity index (χ1) is 16.4. The van der Waals surface area contributed by atoms with Crippen LogP contribution in [-0.4, -0.2) is 41.5 Å². The molecule has 0 spiro atoms. The number of thiocarbonyl (C=S) groups is 1. The van der Waals surface area contributed by atoms with Gasteiger partial charge in [0.2, 0.25) is 0 Å². The highest BCUT2D eigenvalue weighted by Crippen LogP contribution is 2.26.